The lowest BCUT2D eigenvalue weighted by Gasteiger charge is -2.03. The topological polar surface area (TPSA) is 0 Å². The number of hydrogen-bond acceptors (Lipinski definition) is 0. The van der Waals surface area contributed by atoms with Crippen LogP contribution in [0.4, 0.5) is 4.39 Å². The summed E-state index contributed by atoms with van der Waals surface area (Å²) in [6.07, 6.45) is 0.734. The largest absolute Gasteiger partial charge is 0.207 e. The molecule has 3 rings (SSSR count). The van der Waals surface area contributed by atoms with Crippen LogP contribution in [0.15, 0.2) is 36.4 Å². The molecule has 0 bridgehead atoms. The van der Waals surface area contributed by atoms with Crippen molar-refractivity contribution in [2.45, 2.75) is 13.3 Å². The Morgan fingerprint density at radius 2 is 1.87 bits per heavy atom. The molecule has 15 heavy (non-hydrogen) atoms. The number of aryl methyl sites for hydroxylation is 1. The molecule has 0 N–H and O–H groups in total. The molecule has 0 heterocycles. The van der Waals surface area contributed by atoms with Gasteiger partial charge in [-0.15, -0.1) is 0 Å². The van der Waals surface area contributed by atoms with E-state index in [-0.39, 0.29) is 5.82 Å². The first-order valence-electron chi connectivity index (χ1n) is 5.13. The van der Waals surface area contributed by atoms with Crippen LogP contribution < -0.4 is 0 Å². The molecule has 0 spiro atoms. The number of fused-ring (bicyclic) bond motifs is 3. The molecular formula is C14H11F. The van der Waals surface area contributed by atoms with Gasteiger partial charge in [0.15, 0.2) is 0 Å². The number of rotatable bonds is 0. The van der Waals surface area contributed by atoms with Gasteiger partial charge in [0.1, 0.15) is 5.82 Å². The Kier molecular flexibility index (Phi) is 1.69. The predicted molar refractivity (Wildman–Crippen MR) is 59.4 cm³/mol. The van der Waals surface area contributed by atoms with Crippen LogP contribution in [0.5, 0.6) is 0 Å². The fourth-order valence-corrected chi connectivity index (χ4v) is 2.32. The van der Waals surface area contributed by atoms with Crippen molar-refractivity contribution >= 4 is 0 Å². The lowest BCUT2D eigenvalue weighted by Crippen LogP contribution is -1.88. The Labute approximate surface area is 88.4 Å². The molecule has 0 nitrogen and oxygen atoms in total. The van der Waals surface area contributed by atoms with Gasteiger partial charge in [0.2, 0.25) is 0 Å². The molecular weight excluding hydrogens is 187 g/mol. The van der Waals surface area contributed by atoms with Gasteiger partial charge in [0.25, 0.3) is 0 Å². The molecule has 0 saturated carbocycles. The van der Waals surface area contributed by atoms with E-state index in [9.17, 15) is 4.39 Å². The van der Waals surface area contributed by atoms with Crippen LogP contribution in [0.25, 0.3) is 11.1 Å². The lowest BCUT2D eigenvalue weighted by molar-refractivity contribution is 0.615. The number of benzene rings is 2. The molecule has 0 atom stereocenters. The van der Waals surface area contributed by atoms with Crippen LogP contribution in [-0.2, 0) is 6.42 Å². The monoisotopic (exact) mass is 198 g/mol. The van der Waals surface area contributed by atoms with Crippen LogP contribution >= 0.6 is 0 Å². The Balaban J connectivity index is 2.33. The zero-order chi connectivity index (χ0) is 10.4. The van der Waals surface area contributed by atoms with Crippen molar-refractivity contribution in [2.75, 3.05) is 0 Å². The molecule has 2 aromatic rings. The summed E-state index contributed by atoms with van der Waals surface area (Å²) in [4.78, 5) is 0. The zero-order valence-electron chi connectivity index (χ0n) is 8.55. The van der Waals surface area contributed by atoms with E-state index in [2.05, 4.69) is 18.2 Å². The highest BCUT2D eigenvalue weighted by molar-refractivity contribution is 5.77. The van der Waals surface area contributed by atoms with Gasteiger partial charge in [0.05, 0.1) is 0 Å². The Morgan fingerprint density at radius 1 is 1.07 bits per heavy atom. The quantitative estimate of drug-likeness (QED) is 0.516. The average Bonchev–Trinajstić information content (AvgIpc) is 2.57. The van der Waals surface area contributed by atoms with E-state index < -0.39 is 0 Å². The maximum absolute atomic E-state index is 13.7. The van der Waals surface area contributed by atoms with Crippen molar-refractivity contribution in [1.29, 1.82) is 0 Å². The van der Waals surface area contributed by atoms with Crippen LogP contribution in [0.2, 0.25) is 0 Å². The first-order chi connectivity index (χ1) is 7.25. The third-order valence-corrected chi connectivity index (χ3v) is 3.01. The summed E-state index contributed by atoms with van der Waals surface area (Å²) in [5.41, 5.74) is 5.33. The van der Waals surface area contributed by atoms with Crippen LogP contribution in [0, 0.1) is 12.7 Å². The number of hydrogen-bond donors (Lipinski definition) is 0. The van der Waals surface area contributed by atoms with Gasteiger partial charge in [-0.25, -0.2) is 4.39 Å². The molecule has 0 saturated heterocycles. The normalized spacial score (nSPS) is 12.4. The van der Waals surface area contributed by atoms with E-state index in [0.717, 1.165) is 23.1 Å². The molecule has 0 unspecified atom stereocenters. The molecule has 0 aromatic heterocycles. The van der Waals surface area contributed by atoms with Crippen LogP contribution in [0.1, 0.15) is 16.7 Å². The molecule has 1 aliphatic rings. The number of halogens is 1. The third-order valence-electron chi connectivity index (χ3n) is 3.01. The summed E-state index contributed by atoms with van der Waals surface area (Å²) < 4.78 is 13.7. The average molecular weight is 198 g/mol. The second-order valence-corrected chi connectivity index (χ2v) is 4.11. The lowest BCUT2D eigenvalue weighted by atomic mass is 10.0. The second kappa shape index (κ2) is 2.93. The van der Waals surface area contributed by atoms with E-state index in [1.165, 1.54) is 11.1 Å². The molecule has 0 radical (unpaired) electrons. The van der Waals surface area contributed by atoms with Crippen molar-refractivity contribution in [3.63, 3.8) is 0 Å². The van der Waals surface area contributed by atoms with Gasteiger partial charge in [0, 0.05) is 12.0 Å². The van der Waals surface area contributed by atoms with E-state index in [0.29, 0.717) is 0 Å². The highest BCUT2D eigenvalue weighted by atomic mass is 19.1. The van der Waals surface area contributed by atoms with Crippen LogP contribution in [0.3, 0.4) is 0 Å². The molecule has 2 aromatic carbocycles. The highest BCUT2D eigenvalue weighted by Crippen LogP contribution is 2.38. The third kappa shape index (κ3) is 1.19. The molecule has 74 valence electrons. The van der Waals surface area contributed by atoms with Gasteiger partial charge in [-0.05, 0) is 35.2 Å². The maximum atomic E-state index is 13.7. The second-order valence-electron chi connectivity index (χ2n) is 4.11. The van der Waals surface area contributed by atoms with E-state index in [1.807, 2.05) is 19.1 Å². The van der Waals surface area contributed by atoms with Crippen molar-refractivity contribution in [2.24, 2.45) is 0 Å². The summed E-state index contributed by atoms with van der Waals surface area (Å²) in [5, 5.41) is 0. The Hall–Kier alpha value is -1.63. The SMILES string of the molecule is Cc1cc(F)c2c(c1)-c1ccccc1C2. The van der Waals surface area contributed by atoms with Crippen molar-refractivity contribution in [3.8, 4) is 11.1 Å². The molecule has 0 aliphatic heterocycles. The summed E-state index contributed by atoms with van der Waals surface area (Å²) in [6, 6.07) is 11.8. The van der Waals surface area contributed by atoms with Crippen molar-refractivity contribution < 1.29 is 4.39 Å². The van der Waals surface area contributed by atoms with Gasteiger partial charge < -0.3 is 0 Å². The van der Waals surface area contributed by atoms with Gasteiger partial charge in [-0.3, -0.25) is 0 Å². The predicted octanol–water partition coefficient (Wildman–Crippen LogP) is 3.71. The van der Waals surface area contributed by atoms with E-state index >= 15 is 0 Å². The molecule has 0 amide bonds. The summed E-state index contributed by atoms with van der Waals surface area (Å²) in [6.45, 7) is 1.93. The summed E-state index contributed by atoms with van der Waals surface area (Å²) >= 11 is 0. The van der Waals surface area contributed by atoms with Crippen molar-refractivity contribution in [3.05, 3.63) is 58.9 Å². The van der Waals surface area contributed by atoms with Crippen LogP contribution in [-0.4, -0.2) is 0 Å². The van der Waals surface area contributed by atoms with Gasteiger partial charge >= 0.3 is 0 Å². The minimum Gasteiger partial charge on any atom is -0.207 e. The first-order valence-corrected chi connectivity index (χ1v) is 5.13. The van der Waals surface area contributed by atoms with E-state index in [4.69, 9.17) is 0 Å². The maximum Gasteiger partial charge on any atom is 0.127 e. The first kappa shape index (κ1) is 8.66. The van der Waals surface area contributed by atoms with E-state index in [1.54, 1.807) is 6.07 Å². The molecule has 1 aliphatic carbocycles. The molecule has 1 heteroatoms. The minimum atomic E-state index is -0.0683. The zero-order valence-corrected chi connectivity index (χ0v) is 8.55. The van der Waals surface area contributed by atoms with Gasteiger partial charge in [-0.2, -0.15) is 0 Å². The highest BCUT2D eigenvalue weighted by Gasteiger charge is 2.20. The van der Waals surface area contributed by atoms with Crippen molar-refractivity contribution in [1.82, 2.24) is 0 Å². The summed E-state index contributed by atoms with van der Waals surface area (Å²) in [5.74, 6) is -0.0683. The fourth-order valence-electron chi connectivity index (χ4n) is 2.32. The molecule has 0 fully saturated rings. The smallest absolute Gasteiger partial charge is 0.127 e. The summed E-state index contributed by atoms with van der Waals surface area (Å²) in [7, 11) is 0. The fraction of sp³-hybridized carbons (Fsp3) is 0.143. The minimum absolute atomic E-state index is 0.0683. The van der Waals surface area contributed by atoms with Gasteiger partial charge in [-0.1, -0.05) is 30.3 Å². The Bertz CT molecular complexity index is 541. The Morgan fingerprint density at radius 3 is 2.73 bits per heavy atom. The standard InChI is InChI=1S/C14H11F/c1-9-6-12-11-5-3-2-4-10(11)8-13(12)14(15)7-9/h2-7H,8H2,1H3.